The number of hydrogen-bond donors (Lipinski definition) is 2. The van der Waals surface area contributed by atoms with Gasteiger partial charge in [-0.2, -0.15) is 0 Å². The Kier molecular flexibility index (Phi) is 2.80. The van der Waals surface area contributed by atoms with Gasteiger partial charge >= 0.3 is 0 Å². The zero-order valence-electron chi connectivity index (χ0n) is 11.1. The lowest BCUT2D eigenvalue weighted by atomic mass is 10.2. The molecule has 4 heteroatoms. The van der Waals surface area contributed by atoms with Crippen LogP contribution < -0.4 is 5.73 Å². The molecule has 2 heterocycles. The largest absolute Gasteiger partial charge is 0.338 e. The molecule has 19 heavy (non-hydrogen) atoms. The zero-order chi connectivity index (χ0) is 13.4. The van der Waals surface area contributed by atoms with Crippen LogP contribution in [0.15, 0.2) is 30.3 Å². The Morgan fingerprint density at radius 3 is 2.68 bits per heavy atom. The highest BCUT2D eigenvalue weighted by Gasteiger charge is 2.09. The molecule has 3 N–H and O–H groups in total. The van der Waals surface area contributed by atoms with Crippen LogP contribution in [0, 0.1) is 13.8 Å². The van der Waals surface area contributed by atoms with E-state index in [1.165, 1.54) is 0 Å². The minimum Gasteiger partial charge on any atom is -0.338 e. The average molecular weight is 252 g/mol. The summed E-state index contributed by atoms with van der Waals surface area (Å²) in [5.74, 6) is 0.856. The Morgan fingerprint density at radius 1 is 1.11 bits per heavy atom. The van der Waals surface area contributed by atoms with Crippen molar-refractivity contribution < 1.29 is 0 Å². The Bertz CT molecular complexity index is 743. The number of aromatic amines is 1. The van der Waals surface area contributed by atoms with Crippen LogP contribution in [0.1, 0.15) is 17.0 Å². The van der Waals surface area contributed by atoms with Crippen molar-refractivity contribution in [1.29, 1.82) is 0 Å². The summed E-state index contributed by atoms with van der Waals surface area (Å²) in [5, 5.41) is 0. The molecule has 2 aromatic heterocycles. The number of hydrogen-bond acceptors (Lipinski definition) is 3. The highest BCUT2D eigenvalue weighted by atomic mass is 14.9. The summed E-state index contributed by atoms with van der Waals surface area (Å²) in [6.45, 7) is 4.53. The van der Waals surface area contributed by atoms with E-state index in [4.69, 9.17) is 5.73 Å². The summed E-state index contributed by atoms with van der Waals surface area (Å²) in [5.41, 5.74) is 11.8. The van der Waals surface area contributed by atoms with E-state index < -0.39 is 0 Å². The molecule has 0 amide bonds. The van der Waals surface area contributed by atoms with Gasteiger partial charge in [-0.05, 0) is 43.7 Å². The molecule has 0 aliphatic carbocycles. The van der Waals surface area contributed by atoms with E-state index in [2.05, 4.69) is 21.0 Å². The second-order valence-electron chi connectivity index (χ2n) is 4.73. The average Bonchev–Trinajstić information content (AvgIpc) is 2.80. The van der Waals surface area contributed by atoms with Gasteiger partial charge in [-0.1, -0.05) is 6.07 Å². The number of nitrogens with two attached hydrogens (primary N) is 1. The highest BCUT2D eigenvalue weighted by molar-refractivity contribution is 5.80. The first-order chi connectivity index (χ1) is 9.17. The number of imidazole rings is 1. The molecule has 3 rings (SSSR count). The summed E-state index contributed by atoms with van der Waals surface area (Å²) in [6.07, 6.45) is 0. The van der Waals surface area contributed by atoms with Crippen molar-refractivity contribution in [2.75, 3.05) is 0 Å². The Morgan fingerprint density at radius 2 is 1.95 bits per heavy atom. The topological polar surface area (TPSA) is 67.6 Å². The molecule has 0 unspecified atom stereocenters. The molecule has 1 aromatic carbocycles. The molecule has 4 nitrogen and oxygen atoms in total. The fourth-order valence-corrected chi connectivity index (χ4v) is 2.25. The summed E-state index contributed by atoms with van der Waals surface area (Å²) in [4.78, 5) is 12.4. The van der Waals surface area contributed by atoms with Crippen molar-refractivity contribution in [2.24, 2.45) is 5.73 Å². The molecule has 0 bridgehead atoms. The van der Waals surface area contributed by atoms with Gasteiger partial charge in [0.15, 0.2) is 0 Å². The van der Waals surface area contributed by atoms with Gasteiger partial charge in [0.25, 0.3) is 0 Å². The number of aromatic nitrogens is 3. The molecule has 0 spiro atoms. The lowest BCUT2D eigenvalue weighted by molar-refractivity contribution is 1.07. The molecule has 0 radical (unpaired) electrons. The molecule has 0 aliphatic rings. The van der Waals surface area contributed by atoms with E-state index in [1.54, 1.807) is 0 Å². The number of aryl methyl sites for hydroxylation is 2. The van der Waals surface area contributed by atoms with Gasteiger partial charge in [0.2, 0.25) is 0 Å². The first-order valence-corrected chi connectivity index (χ1v) is 6.30. The first kappa shape index (κ1) is 11.9. The third-order valence-electron chi connectivity index (χ3n) is 3.26. The van der Waals surface area contributed by atoms with Crippen LogP contribution in [0.4, 0.5) is 0 Å². The monoisotopic (exact) mass is 252 g/mol. The fourth-order valence-electron chi connectivity index (χ4n) is 2.25. The molecule has 0 saturated carbocycles. The Labute approximate surface area is 111 Å². The maximum atomic E-state index is 5.66. The third-order valence-corrected chi connectivity index (χ3v) is 3.26. The predicted octanol–water partition coefficient (Wildman–Crippen LogP) is 2.70. The van der Waals surface area contributed by atoms with Gasteiger partial charge in [0, 0.05) is 23.5 Å². The predicted molar refractivity (Wildman–Crippen MR) is 76.7 cm³/mol. The summed E-state index contributed by atoms with van der Waals surface area (Å²) >= 11 is 0. The van der Waals surface area contributed by atoms with Crippen LogP contribution in [-0.2, 0) is 6.54 Å². The van der Waals surface area contributed by atoms with E-state index in [1.807, 2.05) is 38.1 Å². The van der Waals surface area contributed by atoms with Gasteiger partial charge in [0.05, 0.1) is 11.0 Å². The number of nitrogens with one attached hydrogen (secondary N) is 1. The molecular weight excluding hydrogens is 236 g/mol. The maximum Gasteiger partial charge on any atom is 0.140 e. The van der Waals surface area contributed by atoms with Crippen molar-refractivity contribution in [1.82, 2.24) is 15.0 Å². The normalized spacial score (nSPS) is 11.1. The summed E-state index contributed by atoms with van der Waals surface area (Å²) < 4.78 is 0. The minimum atomic E-state index is 0.537. The van der Waals surface area contributed by atoms with Gasteiger partial charge in [-0.3, -0.25) is 4.98 Å². The van der Waals surface area contributed by atoms with E-state index in [9.17, 15) is 0 Å². The van der Waals surface area contributed by atoms with Crippen molar-refractivity contribution in [2.45, 2.75) is 20.4 Å². The molecule has 0 atom stereocenters. The van der Waals surface area contributed by atoms with E-state index in [0.29, 0.717) is 6.54 Å². The fraction of sp³-hybridized carbons (Fsp3) is 0.200. The number of benzene rings is 1. The second-order valence-corrected chi connectivity index (χ2v) is 4.73. The Hall–Kier alpha value is -2.20. The zero-order valence-corrected chi connectivity index (χ0v) is 11.1. The standard InChI is InChI=1S/C15H16N4/c1-9-3-5-12(10(2)17-9)15-18-13-6-4-11(8-16)7-14(13)19-15/h3-7H,8,16H2,1-2H3,(H,18,19). The van der Waals surface area contributed by atoms with E-state index in [0.717, 1.165) is 39.4 Å². The van der Waals surface area contributed by atoms with Crippen molar-refractivity contribution >= 4 is 11.0 Å². The molecule has 0 saturated heterocycles. The number of H-pyrrole nitrogens is 1. The van der Waals surface area contributed by atoms with Crippen molar-refractivity contribution in [3.63, 3.8) is 0 Å². The van der Waals surface area contributed by atoms with Gasteiger partial charge < -0.3 is 10.7 Å². The Balaban J connectivity index is 2.14. The van der Waals surface area contributed by atoms with Crippen molar-refractivity contribution in [3.05, 3.63) is 47.3 Å². The van der Waals surface area contributed by atoms with Crippen LogP contribution >= 0.6 is 0 Å². The van der Waals surface area contributed by atoms with E-state index in [-0.39, 0.29) is 0 Å². The molecule has 3 aromatic rings. The quantitative estimate of drug-likeness (QED) is 0.736. The summed E-state index contributed by atoms with van der Waals surface area (Å²) in [7, 11) is 0. The van der Waals surface area contributed by atoms with Crippen LogP contribution in [0.3, 0.4) is 0 Å². The third kappa shape index (κ3) is 2.11. The first-order valence-electron chi connectivity index (χ1n) is 6.30. The SMILES string of the molecule is Cc1ccc(-c2nc3ccc(CN)cc3[nH]2)c(C)n1. The lowest BCUT2D eigenvalue weighted by Crippen LogP contribution is -1.95. The number of nitrogens with zero attached hydrogens (tertiary/aromatic N) is 2. The van der Waals surface area contributed by atoms with Crippen LogP contribution in [0.2, 0.25) is 0 Å². The summed E-state index contributed by atoms with van der Waals surface area (Å²) in [6, 6.07) is 10.1. The molecule has 0 aliphatic heterocycles. The molecule has 0 fully saturated rings. The minimum absolute atomic E-state index is 0.537. The van der Waals surface area contributed by atoms with E-state index >= 15 is 0 Å². The van der Waals surface area contributed by atoms with Gasteiger partial charge in [-0.15, -0.1) is 0 Å². The lowest BCUT2D eigenvalue weighted by Gasteiger charge is -2.02. The van der Waals surface area contributed by atoms with Gasteiger partial charge in [-0.25, -0.2) is 4.98 Å². The van der Waals surface area contributed by atoms with Crippen LogP contribution in [0.5, 0.6) is 0 Å². The van der Waals surface area contributed by atoms with Crippen LogP contribution in [0.25, 0.3) is 22.4 Å². The number of rotatable bonds is 2. The second kappa shape index (κ2) is 4.48. The van der Waals surface area contributed by atoms with Crippen molar-refractivity contribution in [3.8, 4) is 11.4 Å². The smallest absolute Gasteiger partial charge is 0.140 e. The van der Waals surface area contributed by atoms with Gasteiger partial charge in [0.1, 0.15) is 5.82 Å². The number of fused-ring (bicyclic) bond motifs is 1. The molecular formula is C15H16N4. The number of pyridine rings is 1. The highest BCUT2D eigenvalue weighted by Crippen LogP contribution is 2.23. The van der Waals surface area contributed by atoms with Crippen LogP contribution in [-0.4, -0.2) is 15.0 Å². The molecule has 96 valence electrons. The maximum absolute atomic E-state index is 5.66.